The highest BCUT2D eigenvalue weighted by Crippen LogP contribution is 2.45. The molecule has 1 rings (SSSR count). The Morgan fingerprint density at radius 1 is 0.879 bits per heavy atom. The van der Waals surface area contributed by atoms with Crippen LogP contribution in [0.4, 0.5) is 17.6 Å². The molecule has 0 saturated heterocycles. The van der Waals surface area contributed by atoms with Gasteiger partial charge in [0.15, 0.2) is 5.67 Å². The fourth-order valence-corrected chi connectivity index (χ4v) is 3.15. The number of amides is 1. The number of carbonyl (C=O) groups excluding carboxylic acids is 1. The highest BCUT2D eigenvalue weighted by molar-refractivity contribution is 7.87. The first kappa shape index (κ1) is 29.0. The Hall–Kier alpha value is -2.08. The monoisotopic (exact) mass is 501 g/mol. The molecule has 1 aromatic carbocycles. The van der Waals surface area contributed by atoms with Crippen molar-refractivity contribution in [3.05, 3.63) is 23.8 Å². The molecule has 0 unspecified atom stereocenters. The van der Waals surface area contributed by atoms with Crippen LogP contribution in [0.1, 0.15) is 65.7 Å². The molecule has 190 valence electrons. The van der Waals surface area contributed by atoms with Gasteiger partial charge in [0.2, 0.25) is 0 Å². The van der Waals surface area contributed by atoms with Crippen molar-refractivity contribution in [2.24, 2.45) is 0 Å². The van der Waals surface area contributed by atoms with Crippen LogP contribution in [0, 0.1) is 0 Å². The summed E-state index contributed by atoms with van der Waals surface area (Å²) in [5.74, 6) is -5.81. The van der Waals surface area contributed by atoms with Gasteiger partial charge in [-0.3, -0.25) is 9.35 Å². The smallest absolute Gasteiger partial charge is 0.332 e. The molecule has 2 N–H and O–H groups in total. The number of ether oxygens (including phenoxy) is 2. The first-order chi connectivity index (χ1) is 14.4. The Balaban J connectivity index is 3.24. The Labute approximate surface area is 191 Å². The molecule has 0 aliphatic rings. The minimum atomic E-state index is -5.98. The predicted octanol–water partition coefficient (Wildman–Crippen LogP) is 4.71. The molecule has 0 spiro atoms. The van der Waals surface area contributed by atoms with Crippen molar-refractivity contribution in [2.75, 3.05) is 6.54 Å². The van der Waals surface area contributed by atoms with Crippen LogP contribution < -0.4 is 14.8 Å². The van der Waals surface area contributed by atoms with E-state index in [-0.39, 0.29) is 30.9 Å². The number of carbonyl (C=O) groups is 1. The fourth-order valence-electron chi connectivity index (χ4n) is 2.61. The van der Waals surface area contributed by atoms with Crippen molar-refractivity contribution in [2.45, 2.75) is 83.2 Å². The summed E-state index contributed by atoms with van der Waals surface area (Å²) in [5, 5.41) is -2.74. The van der Waals surface area contributed by atoms with Crippen LogP contribution in [-0.2, 0) is 10.1 Å². The first-order valence-electron chi connectivity index (χ1n) is 9.94. The number of hydrogen-bond acceptors (Lipinski definition) is 5. The zero-order chi connectivity index (χ0) is 26.3. The molecule has 0 radical (unpaired) electrons. The summed E-state index contributed by atoms with van der Waals surface area (Å²) in [4.78, 5) is 12.6. The topological polar surface area (TPSA) is 102 Å². The Morgan fingerprint density at radius 3 is 1.61 bits per heavy atom. The van der Waals surface area contributed by atoms with Crippen molar-refractivity contribution in [1.29, 1.82) is 0 Å². The molecule has 33 heavy (non-hydrogen) atoms. The van der Waals surface area contributed by atoms with Crippen molar-refractivity contribution in [3.8, 4) is 11.5 Å². The third kappa shape index (κ3) is 7.20. The third-order valence-corrected chi connectivity index (χ3v) is 5.50. The van der Waals surface area contributed by atoms with E-state index in [0.29, 0.717) is 0 Å². The Bertz CT molecular complexity index is 945. The molecule has 1 aromatic rings. The van der Waals surface area contributed by atoms with E-state index in [9.17, 15) is 30.8 Å². The molecule has 0 aliphatic heterocycles. The summed E-state index contributed by atoms with van der Waals surface area (Å²) in [6.07, 6.45) is 0. The van der Waals surface area contributed by atoms with Crippen LogP contribution in [0.25, 0.3) is 0 Å². The Morgan fingerprint density at radius 2 is 1.27 bits per heavy atom. The zero-order valence-electron chi connectivity index (χ0n) is 19.8. The number of alkyl halides is 4. The second-order valence-corrected chi connectivity index (χ2v) is 11.7. The van der Waals surface area contributed by atoms with Gasteiger partial charge < -0.3 is 14.8 Å². The summed E-state index contributed by atoms with van der Waals surface area (Å²) in [6, 6.07) is 4.07. The maximum atomic E-state index is 14.7. The lowest BCUT2D eigenvalue weighted by Gasteiger charge is -2.36. The van der Waals surface area contributed by atoms with E-state index < -0.39 is 50.4 Å². The highest BCUT2D eigenvalue weighted by atomic mass is 32.2. The van der Waals surface area contributed by atoms with E-state index in [1.807, 2.05) is 5.32 Å². The lowest BCUT2D eigenvalue weighted by Crippen LogP contribution is -2.62. The standard InChI is InChI=1S/C21H31F4NO6S/c1-17(2,3)31-14-9-13(10-15(11-14)32-18(4,5)6)16(27)26-12-19(7,22)21(24,25)20(8,23)33(28,29)30/h9-11H,12H2,1-8H3,(H,26,27)(H,28,29,30)/t19-,20+/m1/s1. The normalized spacial score (nSPS) is 17.0. The molecule has 0 fully saturated rings. The maximum absolute atomic E-state index is 14.7. The molecule has 7 nitrogen and oxygen atoms in total. The number of halogens is 4. The van der Waals surface area contributed by atoms with Gasteiger partial charge in [0.05, 0.1) is 6.54 Å². The second-order valence-electron chi connectivity index (χ2n) is 9.97. The van der Waals surface area contributed by atoms with Crippen LogP contribution in [0.2, 0.25) is 0 Å². The van der Waals surface area contributed by atoms with Gasteiger partial charge in [-0.15, -0.1) is 0 Å². The fraction of sp³-hybridized carbons (Fsp3) is 0.667. The minimum absolute atomic E-state index is 0.132. The van der Waals surface area contributed by atoms with Gasteiger partial charge in [-0.25, -0.2) is 8.78 Å². The lowest BCUT2D eigenvalue weighted by atomic mass is 9.96. The molecule has 0 bridgehead atoms. The molecule has 0 aromatic heterocycles. The highest BCUT2D eigenvalue weighted by Gasteiger charge is 2.70. The van der Waals surface area contributed by atoms with E-state index in [1.165, 1.54) is 18.2 Å². The molecule has 2 atom stereocenters. The average molecular weight is 502 g/mol. The van der Waals surface area contributed by atoms with E-state index >= 15 is 0 Å². The van der Waals surface area contributed by atoms with E-state index in [2.05, 4.69) is 0 Å². The lowest BCUT2D eigenvalue weighted by molar-refractivity contribution is -0.182. The van der Waals surface area contributed by atoms with Gasteiger partial charge in [-0.1, -0.05) is 0 Å². The molecule has 0 saturated carbocycles. The SMILES string of the molecule is CC(C)(C)Oc1cc(OC(C)(C)C)cc(C(=O)NC[C@@](C)(F)C(F)(F)[C@@](C)(F)S(=O)(=O)O)c1. The van der Waals surface area contributed by atoms with Gasteiger partial charge in [0.25, 0.3) is 10.9 Å². The predicted molar refractivity (Wildman–Crippen MR) is 115 cm³/mol. The van der Waals surface area contributed by atoms with Gasteiger partial charge in [-0.05, 0) is 67.5 Å². The number of benzene rings is 1. The molecule has 0 aliphatic carbocycles. The summed E-state index contributed by atoms with van der Waals surface area (Å²) < 4.78 is 99.9. The number of rotatable bonds is 8. The molecular formula is C21H31F4NO6S. The van der Waals surface area contributed by atoms with Crippen molar-refractivity contribution < 1.29 is 44.8 Å². The molecule has 12 heteroatoms. The van der Waals surface area contributed by atoms with Crippen molar-refractivity contribution in [3.63, 3.8) is 0 Å². The van der Waals surface area contributed by atoms with E-state index in [0.717, 1.165) is 0 Å². The first-order valence-corrected chi connectivity index (χ1v) is 11.4. The third-order valence-electron chi connectivity index (χ3n) is 4.27. The number of nitrogens with one attached hydrogen (secondary N) is 1. The zero-order valence-corrected chi connectivity index (χ0v) is 20.7. The average Bonchev–Trinajstić information content (AvgIpc) is 2.55. The van der Waals surface area contributed by atoms with Crippen molar-refractivity contribution in [1.82, 2.24) is 5.32 Å². The molecule has 0 heterocycles. The summed E-state index contributed by atoms with van der Waals surface area (Å²) >= 11 is 0. The van der Waals surface area contributed by atoms with Crippen LogP contribution in [0.15, 0.2) is 18.2 Å². The number of hydrogen-bond donors (Lipinski definition) is 2. The minimum Gasteiger partial charge on any atom is -0.488 e. The summed E-state index contributed by atoms with van der Waals surface area (Å²) in [7, 11) is -5.98. The van der Waals surface area contributed by atoms with Gasteiger partial charge in [0.1, 0.15) is 22.7 Å². The molecular weight excluding hydrogens is 470 g/mol. The second kappa shape index (κ2) is 8.94. The van der Waals surface area contributed by atoms with Crippen LogP contribution in [-0.4, -0.2) is 53.2 Å². The summed E-state index contributed by atoms with van der Waals surface area (Å²) in [5.41, 5.74) is -5.33. The molecule has 1 amide bonds. The van der Waals surface area contributed by atoms with Crippen LogP contribution >= 0.6 is 0 Å². The quantitative estimate of drug-likeness (QED) is 0.395. The van der Waals surface area contributed by atoms with Crippen molar-refractivity contribution >= 4 is 16.0 Å². The summed E-state index contributed by atoms with van der Waals surface area (Å²) in [6.45, 7) is 9.11. The van der Waals surface area contributed by atoms with Gasteiger partial charge >= 0.3 is 16.0 Å². The van der Waals surface area contributed by atoms with E-state index in [1.54, 1.807) is 41.5 Å². The van der Waals surface area contributed by atoms with Crippen LogP contribution in [0.5, 0.6) is 11.5 Å². The maximum Gasteiger partial charge on any atom is 0.332 e. The van der Waals surface area contributed by atoms with Crippen LogP contribution in [0.3, 0.4) is 0 Å². The van der Waals surface area contributed by atoms with E-state index in [4.69, 9.17) is 14.0 Å². The Kier molecular flexibility index (Phi) is 7.84. The van der Waals surface area contributed by atoms with Gasteiger partial charge in [-0.2, -0.15) is 17.2 Å². The van der Waals surface area contributed by atoms with Gasteiger partial charge in [0, 0.05) is 11.6 Å². The largest absolute Gasteiger partial charge is 0.488 e.